The van der Waals surface area contributed by atoms with E-state index in [2.05, 4.69) is 10.4 Å². The molecule has 3 aromatic rings. The Hall–Kier alpha value is -4.46. The van der Waals surface area contributed by atoms with Gasteiger partial charge in [0.1, 0.15) is 5.75 Å². The van der Waals surface area contributed by atoms with Crippen molar-refractivity contribution in [1.29, 1.82) is 0 Å². The van der Waals surface area contributed by atoms with Crippen molar-refractivity contribution in [2.24, 2.45) is 23.7 Å². The Balaban J connectivity index is 1.44. The van der Waals surface area contributed by atoms with E-state index in [4.69, 9.17) is 23.2 Å². The van der Waals surface area contributed by atoms with Gasteiger partial charge in [-0.15, -0.1) is 0 Å². The van der Waals surface area contributed by atoms with Crippen LogP contribution in [-0.4, -0.2) is 49.0 Å². The van der Waals surface area contributed by atoms with Gasteiger partial charge in [0.05, 0.1) is 33.8 Å². The summed E-state index contributed by atoms with van der Waals surface area (Å²) in [5.74, 6) is -8.56. The average Bonchev–Trinajstić information content (AvgIpc) is 3.38. The summed E-state index contributed by atoms with van der Waals surface area (Å²) in [6.45, 7) is 0. The maximum atomic E-state index is 14.9. The van der Waals surface area contributed by atoms with Crippen molar-refractivity contribution in [2.45, 2.75) is 30.4 Å². The summed E-state index contributed by atoms with van der Waals surface area (Å²) in [4.78, 5) is 59.2. The van der Waals surface area contributed by atoms with Crippen LogP contribution in [0.25, 0.3) is 0 Å². The molecular weight excluding hydrogens is 664 g/mol. The molecule has 2 aliphatic carbocycles. The van der Waals surface area contributed by atoms with E-state index in [0.717, 1.165) is 0 Å². The molecule has 0 bridgehead atoms. The number of hydrogen-bond acceptors (Lipinski definition) is 8. The molecule has 2 aliphatic heterocycles. The number of alkyl halides is 3. The molecule has 1 aromatic heterocycles. The Bertz CT molecular complexity index is 1900. The predicted octanol–water partition coefficient (Wildman–Crippen LogP) is 5.49. The number of halogens is 5. The largest absolute Gasteiger partial charge is 0.508 e. The van der Waals surface area contributed by atoms with Crippen molar-refractivity contribution >= 4 is 52.6 Å². The molecule has 3 N–H and O–H groups in total. The van der Waals surface area contributed by atoms with E-state index in [9.17, 15) is 42.7 Å². The number of carbonyl (C=O) groups is 4. The molecule has 3 heterocycles. The van der Waals surface area contributed by atoms with E-state index in [0.29, 0.717) is 39.0 Å². The lowest BCUT2D eigenvalue weighted by atomic mass is 9.49. The van der Waals surface area contributed by atoms with E-state index in [-0.39, 0.29) is 29.5 Å². The number of nitrogens with one attached hydrogen (secondary N) is 1. The molecule has 2 aromatic carbocycles. The van der Waals surface area contributed by atoms with Crippen LogP contribution < -0.4 is 5.43 Å². The maximum absolute atomic E-state index is 14.9. The number of benzene rings is 2. The highest BCUT2D eigenvalue weighted by atomic mass is 35.5. The van der Waals surface area contributed by atoms with Gasteiger partial charge in [-0.1, -0.05) is 59.1 Å². The zero-order chi connectivity index (χ0) is 33.6. The summed E-state index contributed by atoms with van der Waals surface area (Å²) in [5, 5.41) is 21.4. The normalized spacial score (nSPS) is 28.6. The predicted molar refractivity (Wildman–Crippen MR) is 159 cm³/mol. The van der Waals surface area contributed by atoms with Crippen molar-refractivity contribution in [3.8, 4) is 5.75 Å². The van der Waals surface area contributed by atoms with Gasteiger partial charge in [-0.3, -0.25) is 29.8 Å². The third kappa shape index (κ3) is 4.54. The van der Waals surface area contributed by atoms with Crippen molar-refractivity contribution in [3.63, 3.8) is 0 Å². The number of amides is 4. The molecule has 2 saturated heterocycles. The van der Waals surface area contributed by atoms with Gasteiger partial charge in [-0.05, 0) is 60.2 Å². The second-order valence-electron chi connectivity index (χ2n) is 12.0. The molecule has 47 heavy (non-hydrogen) atoms. The number of phenolic OH excluding ortho intramolecular Hbond substituents is 1. The molecule has 3 fully saturated rings. The quantitative estimate of drug-likeness (QED) is 0.186. The van der Waals surface area contributed by atoms with Crippen LogP contribution in [0.3, 0.4) is 0 Å². The van der Waals surface area contributed by atoms with E-state index in [1.165, 1.54) is 12.1 Å². The smallest absolute Gasteiger partial charge is 0.417 e. The van der Waals surface area contributed by atoms with E-state index in [1.54, 1.807) is 42.5 Å². The number of carbonyl (C=O) groups excluding carboxylic acids is 4. The molecule has 6 atom stereocenters. The molecular formula is C32H23Cl2F3N4O6. The van der Waals surface area contributed by atoms with Crippen LogP contribution in [0.2, 0.25) is 10.0 Å². The van der Waals surface area contributed by atoms with Gasteiger partial charge < -0.3 is 5.11 Å². The van der Waals surface area contributed by atoms with Gasteiger partial charge in [-0.25, -0.2) is 4.98 Å². The third-order valence-electron chi connectivity index (χ3n) is 9.74. The molecule has 10 nitrogen and oxygen atoms in total. The Morgan fingerprint density at radius 2 is 1.68 bits per heavy atom. The van der Waals surface area contributed by atoms with E-state index >= 15 is 0 Å². The number of aromatic nitrogens is 1. The summed E-state index contributed by atoms with van der Waals surface area (Å²) in [6, 6.07) is 13.0. The molecule has 1 saturated carbocycles. The first-order valence-electron chi connectivity index (χ1n) is 14.4. The second kappa shape index (κ2) is 10.8. The van der Waals surface area contributed by atoms with Crippen LogP contribution in [0, 0.1) is 23.7 Å². The minimum Gasteiger partial charge on any atom is -0.508 e. The lowest BCUT2D eigenvalue weighted by Gasteiger charge is -2.50. The number of rotatable bonds is 4. The van der Waals surface area contributed by atoms with Gasteiger partial charge in [0.2, 0.25) is 0 Å². The van der Waals surface area contributed by atoms with Crippen molar-refractivity contribution in [3.05, 3.63) is 99.2 Å². The van der Waals surface area contributed by atoms with Crippen molar-refractivity contribution in [2.75, 3.05) is 5.43 Å². The van der Waals surface area contributed by atoms with E-state index < -0.39 is 75.4 Å². The third-order valence-corrected chi connectivity index (χ3v) is 10.3. The highest BCUT2D eigenvalue weighted by Gasteiger charge is 2.70. The fourth-order valence-electron chi connectivity index (χ4n) is 7.85. The molecule has 7 rings (SSSR count). The number of nitrogens with zero attached hydrogens (tertiary/aromatic N) is 3. The van der Waals surface area contributed by atoms with Crippen LogP contribution in [0.5, 0.6) is 5.75 Å². The summed E-state index contributed by atoms with van der Waals surface area (Å²) in [5.41, 5.74) is 1.02. The number of allylic oxidation sites excluding steroid dienone is 2. The molecule has 15 heteroatoms. The average molecular weight is 687 g/mol. The van der Waals surface area contributed by atoms with Gasteiger partial charge in [0, 0.05) is 17.1 Å². The van der Waals surface area contributed by atoms with Crippen molar-refractivity contribution in [1.82, 2.24) is 15.1 Å². The summed E-state index contributed by atoms with van der Waals surface area (Å²) in [6.07, 6.45) is -2.51. The second-order valence-corrected chi connectivity index (χ2v) is 12.8. The van der Waals surface area contributed by atoms with Crippen LogP contribution >= 0.6 is 23.2 Å². The maximum Gasteiger partial charge on any atom is 0.417 e. The molecule has 242 valence electrons. The molecule has 0 radical (unpaired) electrons. The standard InChI is InChI=1S/C32H23Cl2F3N4O6/c33-17-6-4-15(5-7-17)31-22(28(44)40(30(31)46)39-26-23(34)11-16(13-38-26)32(35,36)37)12-21-19(25(31)14-2-1-3-18(42)10-14)8-9-20-24(21)29(45)41(47)27(20)43/h1-8,10-11,13,20-22,24-25,42,47H,9,12H2,(H,38,39)/t20-,21+,22-,24-,25-,31+/m0/s1. The zero-order valence-corrected chi connectivity index (χ0v) is 25.4. The van der Waals surface area contributed by atoms with Gasteiger partial charge in [0.15, 0.2) is 5.82 Å². The molecule has 0 unspecified atom stereocenters. The molecule has 0 spiro atoms. The Labute approximate surface area is 274 Å². The van der Waals surface area contributed by atoms with Crippen LogP contribution in [0.15, 0.2) is 72.4 Å². The number of pyridine rings is 1. The van der Waals surface area contributed by atoms with Gasteiger partial charge in [-0.2, -0.15) is 23.2 Å². The van der Waals surface area contributed by atoms with Crippen LogP contribution in [0.1, 0.15) is 35.4 Å². The van der Waals surface area contributed by atoms with Gasteiger partial charge in [0.25, 0.3) is 23.6 Å². The van der Waals surface area contributed by atoms with E-state index in [1.807, 2.05) is 0 Å². The number of fused-ring (bicyclic) bond motifs is 4. The zero-order valence-electron chi connectivity index (χ0n) is 23.9. The fraction of sp³-hybridized carbons (Fsp3) is 0.281. The topological polar surface area (TPSA) is 140 Å². The lowest BCUT2D eigenvalue weighted by molar-refractivity contribution is -0.173. The van der Waals surface area contributed by atoms with Crippen LogP contribution in [-0.2, 0) is 30.8 Å². The van der Waals surface area contributed by atoms with Crippen molar-refractivity contribution < 1.29 is 42.7 Å². The Kier molecular flexibility index (Phi) is 7.15. The minimum absolute atomic E-state index is 0.0734. The number of aromatic hydroxyl groups is 1. The summed E-state index contributed by atoms with van der Waals surface area (Å²) in [7, 11) is 0. The number of anilines is 1. The highest BCUT2D eigenvalue weighted by molar-refractivity contribution is 6.33. The first-order chi connectivity index (χ1) is 22.2. The summed E-state index contributed by atoms with van der Waals surface area (Å²) < 4.78 is 39.9. The fourth-order valence-corrected chi connectivity index (χ4v) is 8.18. The van der Waals surface area contributed by atoms with Gasteiger partial charge >= 0.3 is 6.18 Å². The number of imide groups is 2. The molecule has 4 aliphatic rings. The number of hydroxylamine groups is 2. The SMILES string of the molecule is O=C1[C@H]2[C@H](CC=C3[C@H]2C[C@H]2C(=O)N(Nc4ncc(C(F)(F)F)cc4Cl)C(=O)[C@@]2(c2ccc(Cl)cc2)[C@H]3c2cccc(O)c2)C(=O)N1O. The minimum atomic E-state index is -4.75. The summed E-state index contributed by atoms with van der Waals surface area (Å²) >= 11 is 12.4. The highest BCUT2D eigenvalue weighted by Crippen LogP contribution is 2.64. The molecule has 4 amide bonds. The monoisotopic (exact) mass is 686 g/mol. The first kappa shape index (κ1) is 31.2. The number of hydrazine groups is 1. The number of hydrogen-bond donors (Lipinski definition) is 3. The lowest BCUT2D eigenvalue weighted by Crippen LogP contribution is -2.53. The Morgan fingerprint density at radius 1 is 0.957 bits per heavy atom. The van der Waals surface area contributed by atoms with Crippen LogP contribution in [0.4, 0.5) is 19.0 Å². The number of phenols is 1. The Morgan fingerprint density at radius 3 is 2.34 bits per heavy atom. The first-order valence-corrected chi connectivity index (χ1v) is 15.2.